The number of rotatable bonds is 3. The van der Waals surface area contributed by atoms with Crippen LogP contribution in [0.5, 0.6) is 0 Å². The minimum Gasteiger partial charge on any atom is -0.316 e. The number of hydrogen-bond donors (Lipinski definition) is 1. The summed E-state index contributed by atoms with van der Waals surface area (Å²) in [6.07, 6.45) is 1.25. The molecular formula is C13H24N4. The molecule has 1 saturated heterocycles. The first kappa shape index (κ1) is 12.6. The standard InChI is InChI=1S/C13H24N4/c1-9-13(10(2)16(5)15-9)11(3)17-7-6-12(8-17)14-4/h11-12,14H,6-8H2,1-5H3. The third-order valence-electron chi connectivity index (χ3n) is 4.16. The summed E-state index contributed by atoms with van der Waals surface area (Å²) in [5, 5.41) is 7.89. The summed E-state index contributed by atoms with van der Waals surface area (Å²) < 4.78 is 1.99. The first-order chi connectivity index (χ1) is 8.04. The maximum absolute atomic E-state index is 4.52. The fraction of sp³-hybridized carbons (Fsp3) is 0.769. The summed E-state index contributed by atoms with van der Waals surface area (Å²) in [4.78, 5) is 2.55. The molecule has 0 amide bonds. The van der Waals surface area contributed by atoms with Gasteiger partial charge >= 0.3 is 0 Å². The molecule has 0 saturated carbocycles. The van der Waals surface area contributed by atoms with Crippen LogP contribution in [0.3, 0.4) is 0 Å². The first-order valence-electron chi connectivity index (χ1n) is 6.46. The molecule has 0 aromatic carbocycles. The lowest BCUT2D eigenvalue weighted by atomic mass is 10.1. The van der Waals surface area contributed by atoms with E-state index in [4.69, 9.17) is 0 Å². The molecule has 0 aliphatic carbocycles. The van der Waals surface area contributed by atoms with Crippen LogP contribution < -0.4 is 5.32 Å². The maximum Gasteiger partial charge on any atom is 0.0644 e. The van der Waals surface area contributed by atoms with Crippen molar-refractivity contribution in [1.29, 1.82) is 0 Å². The molecule has 0 spiro atoms. The topological polar surface area (TPSA) is 33.1 Å². The number of hydrogen-bond acceptors (Lipinski definition) is 3. The van der Waals surface area contributed by atoms with Crippen molar-refractivity contribution in [2.75, 3.05) is 20.1 Å². The zero-order valence-corrected chi connectivity index (χ0v) is 11.6. The molecule has 1 N–H and O–H groups in total. The normalized spacial score (nSPS) is 23.2. The molecule has 1 aromatic heterocycles. The van der Waals surface area contributed by atoms with Gasteiger partial charge in [0.05, 0.1) is 5.69 Å². The Bertz CT molecular complexity index is 396. The molecular weight excluding hydrogens is 212 g/mol. The SMILES string of the molecule is CNC1CCN(C(C)c2c(C)nn(C)c2C)C1. The van der Waals surface area contributed by atoms with E-state index in [1.54, 1.807) is 0 Å². The molecule has 1 fully saturated rings. The van der Waals surface area contributed by atoms with Gasteiger partial charge in [0.25, 0.3) is 0 Å². The van der Waals surface area contributed by atoms with Crippen molar-refractivity contribution in [3.05, 3.63) is 17.0 Å². The second kappa shape index (κ2) is 4.78. The van der Waals surface area contributed by atoms with Crippen molar-refractivity contribution < 1.29 is 0 Å². The Kier molecular flexibility index (Phi) is 3.54. The Morgan fingerprint density at radius 2 is 2.12 bits per heavy atom. The third kappa shape index (κ3) is 2.24. The number of aryl methyl sites for hydroxylation is 2. The van der Waals surface area contributed by atoms with Crippen molar-refractivity contribution in [2.45, 2.75) is 39.3 Å². The average molecular weight is 236 g/mol. The average Bonchev–Trinajstić information content (AvgIpc) is 2.85. The van der Waals surface area contributed by atoms with Gasteiger partial charge in [0.15, 0.2) is 0 Å². The van der Waals surface area contributed by atoms with Crippen LogP contribution in [0.2, 0.25) is 0 Å². The molecule has 2 atom stereocenters. The highest BCUT2D eigenvalue weighted by molar-refractivity contribution is 5.28. The minimum atomic E-state index is 0.474. The summed E-state index contributed by atoms with van der Waals surface area (Å²) in [6, 6.07) is 1.12. The van der Waals surface area contributed by atoms with Crippen LogP contribution >= 0.6 is 0 Å². The Morgan fingerprint density at radius 1 is 1.41 bits per heavy atom. The highest BCUT2D eigenvalue weighted by atomic mass is 15.3. The summed E-state index contributed by atoms with van der Waals surface area (Å²) in [5.74, 6) is 0. The van der Waals surface area contributed by atoms with E-state index in [0.717, 1.165) is 6.54 Å². The van der Waals surface area contributed by atoms with Gasteiger partial charge in [-0.3, -0.25) is 9.58 Å². The molecule has 4 heteroatoms. The third-order valence-corrected chi connectivity index (χ3v) is 4.16. The number of likely N-dealkylation sites (tertiary alicyclic amines) is 1. The van der Waals surface area contributed by atoms with E-state index in [9.17, 15) is 0 Å². The summed E-state index contributed by atoms with van der Waals surface area (Å²) in [7, 11) is 4.08. The predicted molar refractivity (Wildman–Crippen MR) is 70.1 cm³/mol. The van der Waals surface area contributed by atoms with Crippen molar-refractivity contribution in [3.8, 4) is 0 Å². The van der Waals surface area contributed by atoms with Gasteiger partial charge in [-0.1, -0.05) is 0 Å². The Balaban J connectivity index is 2.17. The van der Waals surface area contributed by atoms with Crippen LogP contribution in [-0.2, 0) is 7.05 Å². The second-order valence-electron chi connectivity index (χ2n) is 5.15. The summed E-state index contributed by atoms with van der Waals surface area (Å²) >= 11 is 0. The Labute approximate surface area is 104 Å². The molecule has 2 heterocycles. The van der Waals surface area contributed by atoms with E-state index in [0.29, 0.717) is 12.1 Å². The number of nitrogens with one attached hydrogen (secondary N) is 1. The molecule has 1 aliphatic heterocycles. The van der Waals surface area contributed by atoms with Gasteiger partial charge in [-0.25, -0.2) is 0 Å². The molecule has 0 bridgehead atoms. The number of aromatic nitrogens is 2. The molecule has 2 rings (SSSR count). The molecule has 1 aliphatic rings. The zero-order chi connectivity index (χ0) is 12.6. The Morgan fingerprint density at radius 3 is 2.59 bits per heavy atom. The summed E-state index contributed by atoms with van der Waals surface area (Å²) in [5.41, 5.74) is 3.87. The lowest BCUT2D eigenvalue weighted by Crippen LogP contribution is -2.31. The van der Waals surface area contributed by atoms with Crippen LogP contribution in [-0.4, -0.2) is 40.9 Å². The van der Waals surface area contributed by atoms with Crippen molar-refractivity contribution >= 4 is 0 Å². The molecule has 17 heavy (non-hydrogen) atoms. The first-order valence-corrected chi connectivity index (χ1v) is 6.46. The predicted octanol–water partition coefficient (Wildman–Crippen LogP) is 1.39. The second-order valence-corrected chi connectivity index (χ2v) is 5.15. The van der Waals surface area contributed by atoms with E-state index in [2.05, 4.69) is 43.1 Å². The van der Waals surface area contributed by atoms with Crippen LogP contribution in [0.15, 0.2) is 0 Å². The van der Waals surface area contributed by atoms with Crippen LogP contribution in [0.25, 0.3) is 0 Å². The zero-order valence-electron chi connectivity index (χ0n) is 11.6. The maximum atomic E-state index is 4.52. The highest BCUT2D eigenvalue weighted by Crippen LogP contribution is 2.28. The number of likely N-dealkylation sites (N-methyl/N-ethyl adjacent to an activating group) is 1. The van der Waals surface area contributed by atoms with E-state index in [1.165, 1.54) is 29.9 Å². The van der Waals surface area contributed by atoms with Crippen molar-refractivity contribution in [2.24, 2.45) is 7.05 Å². The number of nitrogens with zero attached hydrogens (tertiary/aromatic N) is 3. The fourth-order valence-electron chi connectivity index (χ4n) is 2.95. The molecule has 1 aromatic rings. The van der Waals surface area contributed by atoms with E-state index in [-0.39, 0.29) is 0 Å². The largest absolute Gasteiger partial charge is 0.316 e. The summed E-state index contributed by atoms with van der Waals surface area (Å²) in [6.45, 7) is 8.91. The van der Waals surface area contributed by atoms with Gasteiger partial charge < -0.3 is 5.32 Å². The van der Waals surface area contributed by atoms with Crippen LogP contribution in [0.1, 0.15) is 36.3 Å². The smallest absolute Gasteiger partial charge is 0.0644 e. The van der Waals surface area contributed by atoms with Gasteiger partial charge in [-0.05, 0) is 34.2 Å². The van der Waals surface area contributed by atoms with E-state index in [1.807, 2.05) is 11.7 Å². The van der Waals surface area contributed by atoms with Crippen LogP contribution in [0.4, 0.5) is 0 Å². The Hall–Kier alpha value is -0.870. The molecule has 0 radical (unpaired) electrons. The molecule has 2 unspecified atom stereocenters. The monoisotopic (exact) mass is 236 g/mol. The molecule has 4 nitrogen and oxygen atoms in total. The quantitative estimate of drug-likeness (QED) is 0.861. The lowest BCUT2D eigenvalue weighted by Gasteiger charge is -2.25. The highest BCUT2D eigenvalue weighted by Gasteiger charge is 2.28. The van der Waals surface area contributed by atoms with E-state index >= 15 is 0 Å². The molecule has 96 valence electrons. The van der Waals surface area contributed by atoms with E-state index < -0.39 is 0 Å². The fourth-order valence-corrected chi connectivity index (χ4v) is 2.95. The van der Waals surface area contributed by atoms with Gasteiger partial charge in [0.1, 0.15) is 0 Å². The lowest BCUT2D eigenvalue weighted by molar-refractivity contribution is 0.255. The van der Waals surface area contributed by atoms with Gasteiger partial charge in [-0.15, -0.1) is 0 Å². The van der Waals surface area contributed by atoms with Crippen LogP contribution in [0, 0.1) is 13.8 Å². The van der Waals surface area contributed by atoms with Crippen molar-refractivity contribution in [3.63, 3.8) is 0 Å². The minimum absolute atomic E-state index is 0.474. The van der Waals surface area contributed by atoms with Crippen molar-refractivity contribution in [1.82, 2.24) is 20.0 Å². The van der Waals surface area contributed by atoms with Gasteiger partial charge in [0, 0.05) is 43.5 Å². The van der Waals surface area contributed by atoms with Gasteiger partial charge in [-0.2, -0.15) is 5.10 Å². The van der Waals surface area contributed by atoms with Gasteiger partial charge in [0.2, 0.25) is 0 Å².